The average Bonchev–Trinajstić information content (AvgIpc) is 3.01. The molecule has 1 amide bonds. The summed E-state index contributed by atoms with van der Waals surface area (Å²) in [5.74, 6) is -1.43. The molecule has 0 saturated carbocycles. The highest BCUT2D eigenvalue weighted by molar-refractivity contribution is 6.33. The Balaban J connectivity index is 1.76. The van der Waals surface area contributed by atoms with Gasteiger partial charge in [-0.05, 0) is 35.9 Å². The van der Waals surface area contributed by atoms with Gasteiger partial charge < -0.3 is 15.4 Å². The molecule has 0 saturated heterocycles. The summed E-state index contributed by atoms with van der Waals surface area (Å²) < 4.78 is 0. The number of fused-ring (bicyclic) bond motifs is 1. The predicted octanol–water partition coefficient (Wildman–Crippen LogP) is 3.45. The number of aromatic amines is 1. The Labute approximate surface area is 136 Å². The molecule has 3 rings (SSSR count). The van der Waals surface area contributed by atoms with E-state index in [9.17, 15) is 9.59 Å². The molecule has 5 nitrogen and oxygen atoms in total. The Morgan fingerprint density at radius 1 is 1.17 bits per heavy atom. The molecule has 23 heavy (non-hydrogen) atoms. The number of carboxylic acids is 1. The number of H-pyrrole nitrogens is 1. The van der Waals surface area contributed by atoms with Crippen molar-refractivity contribution in [2.45, 2.75) is 6.54 Å². The summed E-state index contributed by atoms with van der Waals surface area (Å²) in [6, 6.07) is 11.9. The van der Waals surface area contributed by atoms with Crippen molar-refractivity contribution in [2.24, 2.45) is 0 Å². The molecule has 3 N–H and O–H groups in total. The largest absolute Gasteiger partial charge is 0.478 e. The average molecular weight is 329 g/mol. The van der Waals surface area contributed by atoms with Gasteiger partial charge in [-0.15, -0.1) is 0 Å². The summed E-state index contributed by atoms with van der Waals surface area (Å²) in [7, 11) is 0. The van der Waals surface area contributed by atoms with Crippen molar-refractivity contribution in [3.8, 4) is 0 Å². The molecule has 0 fully saturated rings. The second-order valence-electron chi connectivity index (χ2n) is 5.04. The van der Waals surface area contributed by atoms with Gasteiger partial charge in [-0.25, -0.2) is 4.79 Å². The van der Waals surface area contributed by atoms with Gasteiger partial charge in [0.15, 0.2) is 0 Å². The Morgan fingerprint density at radius 3 is 2.74 bits per heavy atom. The molecule has 1 aromatic heterocycles. The first-order valence-corrected chi connectivity index (χ1v) is 7.30. The summed E-state index contributed by atoms with van der Waals surface area (Å²) in [5.41, 5.74) is 2.29. The Hall–Kier alpha value is -2.79. The number of benzene rings is 2. The second-order valence-corrected chi connectivity index (χ2v) is 5.45. The number of rotatable bonds is 4. The first-order valence-electron chi connectivity index (χ1n) is 6.92. The maximum absolute atomic E-state index is 12.2. The van der Waals surface area contributed by atoms with Crippen LogP contribution in [-0.2, 0) is 6.54 Å². The Morgan fingerprint density at radius 2 is 2.00 bits per heavy atom. The van der Waals surface area contributed by atoms with E-state index >= 15 is 0 Å². The second kappa shape index (κ2) is 6.14. The zero-order valence-corrected chi connectivity index (χ0v) is 12.7. The number of hydrogen-bond donors (Lipinski definition) is 3. The first-order chi connectivity index (χ1) is 11.1. The standard InChI is InChI=1S/C17H13ClN2O3/c18-14-8-10(4-5-13(14)17(22)23)16(21)20-9-11-2-1-3-15-12(11)6-7-19-15/h1-8,19H,9H2,(H,20,21)(H,22,23). The third kappa shape index (κ3) is 3.05. The van der Waals surface area contributed by atoms with Crippen molar-refractivity contribution in [3.05, 3.63) is 70.4 Å². The summed E-state index contributed by atoms with van der Waals surface area (Å²) in [4.78, 5) is 26.2. The van der Waals surface area contributed by atoms with Crippen LogP contribution in [0, 0.1) is 0 Å². The van der Waals surface area contributed by atoms with Gasteiger partial charge in [-0.3, -0.25) is 4.79 Å². The van der Waals surface area contributed by atoms with Gasteiger partial charge in [0.2, 0.25) is 0 Å². The van der Waals surface area contributed by atoms with Crippen molar-refractivity contribution < 1.29 is 14.7 Å². The van der Waals surface area contributed by atoms with Crippen molar-refractivity contribution in [3.63, 3.8) is 0 Å². The number of aromatic nitrogens is 1. The van der Waals surface area contributed by atoms with E-state index in [1.807, 2.05) is 30.5 Å². The molecule has 0 radical (unpaired) electrons. The van der Waals surface area contributed by atoms with Crippen LogP contribution >= 0.6 is 11.6 Å². The molecule has 116 valence electrons. The third-order valence-electron chi connectivity index (χ3n) is 3.59. The van der Waals surface area contributed by atoms with E-state index in [4.69, 9.17) is 16.7 Å². The maximum Gasteiger partial charge on any atom is 0.337 e. The van der Waals surface area contributed by atoms with E-state index in [-0.39, 0.29) is 16.5 Å². The monoisotopic (exact) mass is 328 g/mol. The number of aromatic carboxylic acids is 1. The topological polar surface area (TPSA) is 82.2 Å². The first kappa shape index (κ1) is 15.1. The number of carboxylic acid groups (broad SMARTS) is 1. The van der Waals surface area contributed by atoms with Crippen molar-refractivity contribution in [1.82, 2.24) is 10.3 Å². The fraction of sp³-hybridized carbons (Fsp3) is 0.0588. The van der Waals surface area contributed by atoms with Gasteiger partial charge in [0, 0.05) is 29.2 Å². The van der Waals surface area contributed by atoms with E-state index in [1.165, 1.54) is 18.2 Å². The number of carbonyl (C=O) groups is 2. The van der Waals surface area contributed by atoms with Gasteiger partial charge >= 0.3 is 5.97 Å². The summed E-state index contributed by atoms with van der Waals surface area (Å²) >= 11 is 5.88. The van der Waals surface area contributed by atoms with Crippen molar-refractivity contribution in [1.29, 1.82) is 0 Å². The molecular formula is C17H13ClN2O3. The molecule has 0 unspecified atom stereocenters. The molecule has 0 spiro atoms. The molecule has 6 heteroatoms. The zero-order chi connectivity index (χ0) is 16.4. The van der Waals surface area contributed by atoms with E-state index in [1.54, 1.807) is 0 Å². The smallest absolute Gasteiger partial charge is 0.337 e. The predicted molar refractivity (Wildman–Crippen MR) is 87.9 cm³/mol. The van der Waals surface area contributed by atoms with Crippen LogP contribution < -0.4 is 5.32 Å². The fourth-order valence-corrected chi connectivity index (χ4v) is 2.67. The number of halogens is 1. The molecule has 0 bridgehead atoms. The molecular weight excluding hydrogens is 316 g/mol. The Bertz CT molecular complexity index is 902. The maximum atomic E-state index is 12.2. The molecule has 0 aliphatic heterocycles. The lowest BCUT2D eigenvalue weighted by Crippen LogP contribution is -2.23. The molecule has 0 aliphatic rings. The SMILES string of the molecule is O=C(NCc1cccc2[nH]ccc12)c1ccc(C(=O)O)c(Cl)c1. The molecule has 2 aromatic carbocycles. The summed E-state index contributed by atoms with van der Waals surface area (Å²) in [6.07, 6.45) is 1.85. The van der Waals surface area contributed by atoms with Crippen molar-refractivity contribution >= 4 is 34.4 Å². The molecule has 3 aromatic rings. The van der Waals surface area contributed by atoms with Crippen LogP contribution in [0.15, 0.2) is 48.7 Å². The number of nitrogens with one attached hydrogen (secondary N) is 2. The minimum Gasteiger partial charge on any atom is -0.478 e. The number of carbonyl (C=O) groups excluding carboxylic acids is 1. The van der Waals surface area contributed by atoms with Crippen LogP contribution in [0.2, 0.25) is 5.02 Å². The van der Waals surface area contributed by atoms with Crippen LogP contribution in [0.4, 0.5) is 0 Å². The minimum absolute atomic E-state index is 0.0275. The zero-order valence-electron chi connectivity index (χ0n) is 12.0. The number of amides is 1. The summed E-state index contributed by atoms with van der Waals surface area (Å²) in [5, 5.41) is 12.8. The quantitative estimate of drug-likeness (QED) is 0.686. The van der Waals surface area contributed by atoms with E-state index < -0.39 is 5.97 Å². The summed E-state index contributed by atoms with van der Waals surface area (Å²) in [6.45, 7) is 0.367. The normalized spacial score (nSPS) is 10.7. The lowest BCUT2D eigenvalue weighted by Gasteiger charge is -2.08. The Kier molecular flexibility index (Phi) is 4.04. The van der Waals surface area contributed by atoms with Gasteiger partial charge in [0.05, 0.1) is 10.6 Å². The van der Waals surface area contributed by atoms with E-state index in [0.717, 1.165) is 16.5 Å². The molecule has 0 atom stereocenters. The van der Waals surface area contributed by atoms with E-state index in [0.29, 0.717) is 12.1 Å². The van der Waals surface area contributed by atoms with Crippen LogP contribution in [-0.4, -0.2) is 22.0 Å². The van der Waals surface area contributed by atoms with Gasteiger partial charge in [-0.1, -0.05) is 23.7 Å². The number of hydrogen-bond acceptors (Lipinski definition) is 2. The van der Waals surface area contributed by atoms with Crippen LogP contribution in [0.1, 0.15) is 26.3 Å². The highest BCUT2D eigenvalue weighted by Gasteiger charge is 2.13. The lowest BCUT2D eigenvalue weighted by molar-refractivity contribution is 0.0696. The fourth-order valence-electron chi connectivity index (χ4n) is 2.41. The highest BCUT2D eigenvalue weighted by Crippen LogP contribution is 2.19. The lowest BCUT2D eigenvalue weighted by atomic mass is 10.1. The van der Waals surface area contributed by atoms with Gasteiger partial charge in [0.1, 0.15) is 0 Å². The van der Waals surface area contributed by atoms with Gasteiger partial charge in [-0.2, -0.15) is 0 Å². The van der Waals surface area contributed by atoms with Crippen molar-refractivity contribution in [2.75, 3.05) is 0 Å². The molecule has 1 heterocycles. The van der Waals surface area contributed by atoms with Crippen LogP contribution in [0.3, 0.4) is 0 Å². The van der Waals surface area contributed by atoms with Gasteiger partial charge in [0.25, 0.3) is 5.91 Å². The minimum atomic E-state index is -1.12. The third-order valence-corrected chi connectivity index (χ3v) is 3.90. The van der Waals surface area contributed by atoms with Crippen LogP contribution in [0.5, 0.6) is 0 Å². The van der Waals surface area contributed by atoms with Crippen LogP contribution in [0.25, 0.3) is 10.9 Å². The van der Waals surface area contributed by atoms with E-state index in [2.05, 4.69) is 10.3 Å². The highest BCUT2D eigenvalue weighted by atomic mass is 35.5. The molecule has 0 aliphatic carbocycles.